The second kappa shape index (κ2) is 31.9. The number of nitrogens with zero attached hydrogens (tertiary/aromatic N) is 6. The first kappa shape index (κ1) is 81.4. The molecule has 20 rings (SSSR count). The monoisotopic (exact) mass is 1630 g/mol. The lowest BCUT2D eigenvalue weighted by molar-refractivity contribution is -0.157. The highest BCUT2D eigenvalue weighted by molar-refractivity contribution is 8.00. The van der Waals surface area contributed by atoms with Gasteiger partial charge >= 0.3 is 23.9 Å². The van der Waals surface area contributed by atoms with Crippen LogP contribution in [0.15, 0.2) is 92.2 Å². The second-order valence-corrected chi connectivity index (χ2v) is 33.0. The molecule has 1 spiro atoms. The number of phenols is 2. The molecule has 12 aliphatic rings. The summed E-state index contributed by atoms with van der Waals surface area (Å²) in [5.41, 5.74) is 18.1. The molecule has 2 unspecified atom stereocenters. The van der Waals surface area contributed by atoms with Gasteiger partial charge in [-0.1, -0.05) is 75.5 Å². The normalized spacial score (nSPS) is 25.9. The van der Waals surface area contributed by atoms with Gasteiger partial charge in [0.2, 0.25) is 19.4 Å². The van der Waals surface area contributed by atoms with E-state index in [4.69, 9.17) is 53.1 Å². The van der Waals surface area contributed by atoms with Crippen LogP contribution in [0.3, 0.4) is 0 Å². The van der Waals surface area contributed by atoms with Crippen molar-refractivity contribution in [3.05, 3.63) is 176 Å². The van der Waals surface area contributed by atoms with Crippen LogP contribution in [0.25, 0.3) is 21.8 Å². The van der Waals surface area contributed by atoms with Crippen molar-refractivity contribution in [3.8, 4) is 69.6 Å². The molecule has 8 aromatic rings. The van der Waals surface area contributed by atoms with Crippen molar-refractivity contribution in [1.29, 1.82) is 10.5 Å². The number of ketones is 1. The number of benzene rings is 6. The van der Waals surface area contributed by atoms with Crippen LogP contribution < -0.4 is 48.9 Å². The Morgan fingerprint density at radius 2 is 1.16 bits per heavy atom. The number of carbonyl (C=O) groups is 5. The molecule has 6 aromatic carbocycles. The third kappa shape index (κ3) is 12.7. The average Bonchev–Trinajstić information content (AvgIpc) is 1.32. The minimum absolute atomic E-state index is 0. The fraction of sp³-hybridized carbons (Fsp3) is 0.420. The topological polar surface area (TPSA) is 348 Å². The van der Waals surface area contributed by atoms with Crippen LogP contribution in [-0.4, -0.2) is 184 Å². The Bertz CT molecular complexity index is 5520. The largest absolute Gasteiger partial charge is 0.504 e. The first-order valence-electron chi connectivity index (χ1n) is 38.5. The maximum atomic E-state index is 14.9. The average molecular weight is 1630 g/mol. The van der Waals surface area contributed by atoms with Gasteiger partial charge in [-0.2, -0.15) is 10.5 Å². The summed E-state index contributed by atoms with van der Waals surface area (Å²) in [6.45, 7) is 19.8. The van der Waals surface area contributed by atoms with Crippen LogP contribution in [-0.2, 0) is 64.7 Å². The van der Waals surface area contributed by atoms with Crippen molar-refractivity contribution in [2.45, 2.75) is 159 Å². The number of carbonyl (C=O) groups excluding carboxylic acids is 5. The number of rotatable bonds is 10. The molecule has 612 valence electrons. The van der Waals surface area contributed by atoms with Gasteiger partial charge in [0.1, 0.15) is 36.8 Å². The van der Waals surface area contributed by atoms with Gasteiger partial charge in [-0.05, 0) is 105 Å². The number of fused-ring (bicyclic) bond motifs is 21. The van der Waals surface area contributed by atoms with Crippen LogP contribution in [0.2, 0.25) is 0 Å². The van der Waals surface area contributed by atoms with Crippen molar-refractivity contribution in [2.24, 2.45) is 5.73 Å². The predicted octanol–water partition coefficient (Wildman–Crippen LogP) is 11.6. The molecule has 13 atom stereocenters. The van der Waals surface area contributed by atoms with Gasteiger partial charge in [-0.25, -0.2) is 9.59 Å². The lowest BCUT2D eigenvalue weighted by Crippen LogP contribution is -2.70. The van der Waals surface area contributed by atoms with Crippen LogP contribution in [0.5, 0.6) is 57.5 Å². The van der Waals surface area contributed by atoms with Crippen molar-refractivity contribution < 1.29 is 81.6 Å². The minimum Gasteiger partial charge on any atom is -0.504 e. The van der Waals surface area contributed by atoms with Crippen LogP contribution >= 0.6 is 23.5 Å². The summed E-state index contributed by atoms with van der Waals surface area (Å²) in [7, 11) is 3.06. The van der Waals surface area contributed by atoms with Crippen LogP contribution in [0, 0.1) is 50.4 Å². The van der Waals surface area contributed by atoms with Crippen molar-refractivity contribution in [1.82, 2.24) is 34.9 Å². The number of ether oxygens (including phenoxy) is 10. The highest BCUT2D eigenvalue weighted by Gasteiger charge is 2.65. The van der Waals surface area contributed by atoms with E-state index < -0.39 is 94.0 Å². The van der Waals surface area contributed by atoms with E-state index in [0.717, 1.165) is 68.4 Å². The number of nitriles is 2. The van der Waals surface area contributed by atoms with Crippen molar-refractivity contribution in [3.63, 3.8) is 0 Å². The van der Waals surface area contributed by atoms with Crippen LogP contribution in [0.4, 0.5) is 0 Å². The summed E-state index contributed by atoms with van der Waals surface area (Å²) >= 11 is 2.76. The van der Waals surface area contributed by atoms with Gasteiger partial charge in [-0.15, -0.1) is 36.7 Å². The van der Waals surface area contributed by atoms with E-state index in [9.17, 15) is 44.7 Å². The fourth-order valence-corrected chi connectivity index (χ4v) is 23.5. The van der Waals surface area contributed by atoms with Gasteiger partial charge in [0.15, 0.2) is 51.5 Å². The number of phenolic OH excluding ortho intramolecular Hbond substituents is 2. The number of esters is 4. The van der Waals surface area contributed by atoms with Gasteiger partial charge in [0.05, 0.1) is 72.5 Å². The van der Waals surface area contributed by atoms with E-state index >= 15 is 0 Å². The summed E-state index contributed by atoms with van der Waals surface area (Å²) in [6.07, 6.45) is 8.27. The standard InChI is InChI=1S/C43H43N5O8S.C33H33N3O9S.C10H12N2.2CH4/c1-6-13-47-27-15-23-14-20(2)36(52-5)35(50)30(23)33(47)34-40-32-31(39-38(54-19-55-39)21(3)37(32)56-22(4)49)29(48(34)28(27)16-44)17-53-42(51)43(18-57-40)41-25(11-12-45-43)24-9-7-8-10-26(24)46-41;1-6-7-35-18-9-17-8-14(2)28(41-5)27(39)22(17)25(35)26-32-24-23(31-30(43-13-44-31)15(3)29(24)45-16(4)37)20(36(26)19(18)10-34)11-42-33(40)21(38)12-46-32;11-6-5-8-7-12-10-4-2-1-3-9(8)10;;/h6-10,14,27-29,33-34,40,45-46,50H,1,11-13,15,17-19H2,2-5H3;6,8,18-20,25-26,32,39H,1,7,9,11-13H2,2-5H3;1-4,7,12H,5-6,11H2;2*1H4/t27-,28-,29-,33+,34?,40+,43+;18-,19-,20-,25+,26?,32+;;;/m00.../s1. The van der Waals surface area contributed by atoms with E-state index in [-0.39, 0.29) is 82.5 Å². The SMILES string of the molecule is C.C.C=CCN1[C@@H]2c3c(cc(C)c(OC)c3O)C[C@H]1[C@H](C#N)N1C2[C@@H]2SCC(=O)C(=O)OC[C@H]1c1c3c(c(C)c(OC(C)=O)c12)OCO3.C=CCN1[C@@H]2c3c(cc(C)c(OC)c3O)C[C@H]1[C@H](C#N)N1C2[C@@H]2SC[C@]3(NCCc4c3[nH]c3ccccc43)C(=O)OC[C@H]1c1c3c(c(C)c(OC(C)=O)c12)OCO3.NCCc1c[nH]c2ccccc12. The molecule has 0 radical (unpaired) electrons. The minimum atomic E-state index is -1.26. The number of methoxy groups -OCH3 is 2. The summed E-state index contributed by atoms with van der Waals surface area (Å²) in [6, 6.07) is 20.0. The third-order valence-corrected chi connectivity index (χ3v) is 27.5. The molecule has 0 amide bonds. The van der Waals surface area contributed by atoms with E-state index in [1.807, 2.05) is 63.4 Å². The highest BCUT2D eigenvalue weighted by Crippen LogP contribution is 2.68. The number of para-hydroxylation sites is 2. The number of hydrogen-bond acceptors (Lipinski definition) is 27. The Kier molecular flexibility index (Phi) is 22.2. The van der Waals surface area contributed by atoms with Crippen molar-refractivity contribution in [2.75, 3.05) is 78.7 Å². The first-order chi connectivity index (χ1) is 55.7. The summed E-state index contributed by atoms with van der Waals surface area (Å²) in [5.74, 6) is 0.103. The molecule has 4 fully saturated rings. The van der Waals surface area contributed by atoms with E-state index in [0.29, 0.717) is 113 Å². The van der Waals surface area contributed by atoms with Gasteiger partial charge in [0, 0.05) is 136 Å². The Labute approximate surface area is 686 Å². The number of piperazine rings is 2. The number of aromatic nitrogens is 2. The Morgan fingerprint density at radius 1 is 0.667 bits per heavy atom. The molecule has 2 aromatic heterocycles. The van der Waals surface area contributed by atoms with E-state index in [2.05, 4.69) is 90.5 Å². The molecule has 14 heterocycles. The maximum Gasteiger partial charge on any atom is 0.375 e. The summed E-state index contributed by atoms with van der Waals surface area (Å²) < 4.78 is 60.1. The van der Waals surface area contributed by atoms with E-state index in [1.165, 1.54) is 49.2 Å². The molecule has 12 aliphatic heterocycles. The van der Waals surface area contributed by atoms with Gasteiger partial charge < -0.3 is 73.3 Å². The van der Waals surface area contributed by atoms with Gasteiger partial charge in [-0.3, -0.25) is 39.3 Å². The number of cyclic esters (lactones) is 1. The molecule has 0 aliphatic carbocycles. The second-order valence-electron chi connectivity index (χ2n) is 30.7. The number of H-pyrrole nitrogens is 2. The number of aryl methyl sites for hydroxylation is 2. The Hall–Kier alpha value is -10.7. The number of nitrogens with two attached hydrogens (primary N) is 1. The maximum absolute atomic E-state index is 14.9. The predicted molar refractivity (Wildman–Crippen MR) is 439 cm³/mol. The number of nitrogens with one attached hydrogen (secondary N) is 3. The number of aromatic hydroxyl groups is 2. The number of aromatic amines is 2. The van der Waals surface area contributed by atoms with Crippen LogP contribution in [0.1, 0.15) is 147 Å². The number of thioether (sulfide) groups is 2. The Balaban J connectivity index is 0.000000160. The quantitative estimate of drug-likeness (QED) is 0.0320. The lowest BCUT2D eigenvalue weighted by Gasteiger charge is -2.62. The molecule has 29 heteroatoms. The molecular formula is C88H96N10O17S2. The molecule has 117 heavy (non-hydrogen) atoms. The molecule has 27 nitrogen and oxygen atoms in total. The zero-order valence-corrected chi connectivity index (χ0v) is 66.5. The third-order valence-electron chi connectivity index (χ3n) is 24.7. The molecule has 4 saturated heterocycles. The fourth-order valence-electron chi connectivity index (χ4n) is 20.5. The zero-order chi connectivity index (χ0) is 80.5. The smallest absolute Gasteiger partial charge is 0.375 e. The van der Waals surface area contributed by atoms with Crippen molar-refractivity contribution >= 4 is 75.0 Å². The number of hydrogen-bond donors (Lipinski definition) is 6. The molecule has 7 N–H and O–H groups in total. The first-order valence-corrected chi connectivity index (χ1v) is 40.6. The molecular weight excluding hydrogens is 1530 g/mol. The highest BCUT2D eigenvalue weighted by atomic mass is 32.2. The zero-order valence-electron chi connectivity index (χ0n) is 64.8. The summed E-state index contributed by atoms with van der Waals surface area (Å²) in [5, 5.41) is 51.1. The summed E-state index contributed by atoms with van der Waals surface area (Å²) in [4.78, 5) is 81.9. The number of Topliss-reactive ketones (excluding diaryl/α,β-unsaturated/α-hetero) is 1. The Morgan fingerprint density at radius 3 is 1.67 bits per heavy atom. The molecule has 0 saturated carbocycles. The lowest BCUT2D eigenvalue weighted by atomic mass is 9.71. The van der Waals surface area contributed by atoms with Gasteiger partial charge in [0.25, 0.3) is 0 Å². The molecule has 8 bridgehead atoms. The van der Waals surface area contributed by atoms with E-state index in [1.54, 1.807) is 31.9 Å².